The van der Waals surface area contributed by atoms with E-state index < -0.39 is 17.2 Å². The summed E-state index contributed by atoms with van der Waals surface area (Å²) in [7, 11) is 0. The number of hydrogen-bond acceptors (Lipinski definition) is 1. The van der Waals surface area contributed by atoms with E-state index in [1.54, 1.807) is 0 Å². The van der Waals surface area contributed by atoms with E-state index in [4.69, 9.17) is 5.73 Å². The second kappa shape index (κ2) is 4.05. The average molecular weight is 239 g/mol. The van der Waals surface area contributed by atoms with Gasteiger partial charge in [0.05, 0.1) is 0 Å². The molecule has 0 saturated heterocycles. The smallest absolute Gasteiger partial charge is 0.131 e. The van der Waals surface area contributed by atoms with Crippen LogP contribution in [0.5, 0.6) is 0 Å². The Morgan fingerprint density at radius 2 is 1.76 bits per heavy atom. The van der Waals surface area contributed by atoms with Gasteiger partial charge in [0.2, 0.25) is 0 Å². The fraction of sp³-hybridized carbons (Fsp3) is 0.571. The Labute approximate surface area is 101 Å². The highest BCUT2D eigenvalue weighted by molar-refractivity contribution is 5.29. The van der Waals surface area contributed by atoms with Crippen LogP contribution in [0, 0.1) is 17.0 Å². The monoisotopic (exact) mass is 239 g/mol. The summed E-state index contributed by atoms with van der Waals surface area (Å²) in [4.78, 5) is 0. The van der Waals surface area contributed by atoms with Crippen molar-refractivity contribution < 1.29 is 8.78 Å². The summed E-state index contributed by atoms with van der Waals surface area (Å²) in [5, 5.41) is 0. The van der Waals surface area contributed by atoms with Crippen LogP contribution in [-0.2, 0) is 5.54 Å². The molecule has 17 heavy (non-hydrogen) atoms. The topological polar surface area (TPSA) is 26.0 Å². The molecule has 0 aliphatic heterocycles. The van der Waals surface area contributed by atoms with E-state index in [0.717, 1.165) is 31.7 Å². The Kier molecular flexibility index (Phi) is 2.98. The molecule has 2 N–H and O–H groups in total. The molecule has 94 valence electrons. The zero-order chi connectivity index (χ0) is 12.7. The zero-order valence-electron chi connectivity index (χ0n) is 10.4. The van der Waals surface area contributed by atoms with E-state index in [0.29, 0.717) is 5.56 Å². The van der Waals surface area contributed by atoms with Gasteiger partial charge in [0.15, 0.2) is 0 Å². The molecular weight excluding hydrogens is 220 g/mol. The Morgan fingerprint density at radius 1 is 1.12 bits per heavy atom. The van der Waals surface area contributed by atoms with E-state index >= 15 is 0 Å². The van der Waals surface area contributed by atoms with Gasteiger partial charge in [-0.3, -0.25) is 0 Å². The minimum Gasteiger partial charge on any atom is -0.321 e. The van der Waals surface area contributed by atoms with Crippen LogP contribution in [-0.4, -0.2) is 0 Å². The molecule has 2 rings (SSSR count). The average Bonchev–Trinajstić information content (AvgIpc) is 2.22. The predicted octanol–water partition coefficient (Wildman–Crippen LogP) is 3.72. The van der Waals surface area contributed by atoms with Crippen molar-refractivity contribution >= 4 is 0 Å². The summed E-state index contributed by atoms with van der Waals surface area (Å²) in [6, 6.07) is 3.71. The van der Waals surface area contributed by atoms with Crippen LogP contribution < -0.4 is 5.73 Å². The normalized spacial score (nSPS) is 28.1. The third-order valence-electron chi connectivity index (χ3n) is 4.24. The highest BCUT2D eigenvalue weighted by Gasteiger charge is 2.46. The van der Waals surface area contributed by atoms with Gasteiger partial charge in [0.1, 0.15) is 11.6 Å². The first-order valence-electron chi connectivity index (χ1n) is 6.11. The van der Waals surface area contributed by atoms with Crippen molar-refractivity contribution in [2.45, 2.75) is 45.1 Å². The van der Waals surface area contributed by atoms with Crippen LogP contribution in [0.4, 0.5) is 8.78 Å². The predicted molar refractivity (Wildman–Crippen MR) is 64.5 cm³/mol. The van der Waals surface area contributed by atoms with E-state index in [9.17, 15) is 8.78 Å². The van der Waals surface area contributed by atoms with E-state index in [1.165, 1.54) is 12.1 Å². The van der Waals surface area contributed by atoms with Gasteiger partial charge >= 0.3 is 0 Å². The van der Waals surface area contributed by atoms with Gasteiger partial charge in [0.25, 0.3) is 0 Å². The number of hydrogen-bond donors (Lipinski definition) is 1. The molecule has 1 unspecified atom stereocenters. The van der Waals surface area contributed by atoms with Crippen LogP contribution >= 0.6 is 0 Å². The summed E-state index contributed by atoms with van der Waals surface area (Å²) >= 11 is 0. The SMILES string of the molecule is CC1(C)CCCCC1(N)c1ccc(F)cc1F. The Bertz CT molecular complexity index is 428. The minimum absolute atomic E-state index is 0.163. The lowest BCUT2D eigenvalue weighted by Gasteiger charge is -2.48. The molecule has 0 spiro atoms. The van der Waals surface area contributed by atoms with Gasteiger partial charge in [0, 0.05) is 17.2 Å². The van der Waals surface area contributed by atoms with Crippen molar-refractivity contribution in [3.63, 3.8) is 0 Å². The van der Waals surface area contributed by atoms with E-state index in [2.05, 4.69) is 13.8 Å². The van der Waals surface area contributed by atoms with Crippen molar-refractivity contribution in [1.82, 2.24) is 0 Å². The molecule has 1 aromatic carbocycles. The highest BCUT2D eigenvalue weighted by atomic mass is 19.1. The molecule has 1 atom stereocenters. The fourth-order valence-corrected chi connectivity index (χ4v) is 2.88. The Hall–Kier alpha value is -0.960. The molecular formula is C14H19F2N. The third kappa shape index (κ3) is 1.97. The Morgan fingerprint density at radius 3 is 2.35 bits per heavy atom. The van der Waals surface area contributed by atoms with Gasteiger partial charge < -0.3 is 5.73 Å². The number of nitrogens with two attached hydrogens (primary N) is 1. The number of halogens is 2. The van der Waals surface area contributed by atoms with Crippen molar-refractivity contribution in [3.05, 3.63) is 35.4 Å². The van der Waals surface area contributed by atoms with Gasteiger partial charge in [-0.2, -0.15) is 0 Å². The maximum Gasteiger partial charge on any atom is 0.131 e. The summed E-state index contributed by atoms with van der Waals surface area (Å²) < 4.78 is 26.9. The first-order chi connectivity index (χ1) is 7.87. The standard InChI is InChI=1S/C14H19F2N/c1-13(2)7-3-4-8-14(13,17)11-6-5-10(15)9-12(11)16/h5-6,9H,3-4,7-8,17H2,1-2H3. The summed E-state index contributed by atoms with van der Waals surface area (Å²) in [6.07, 6.45) is 3.84. The maximum absolute atomic E-state index is 13.9. The second-order valence-corrected chi connectivity index (χ2v) is 5.69. The maximum atomic E-state index is 13.9. The lowest BCUT2D eigenvalue weighted by atomic mass is 9.61. The van der Waals surface area contributed by atoms with Crippen LogP contribution in [0.3, 0.4) is 0 Å². The van der Waals surface area contributed by atoms with Gasteiger partial charge in [-0.05, 0) is 24.3 Å². The molecule has 0 radical (unpaired) electrons. The fourth-order valence-electron chi connectivity index (χ4n) is 2.88. The molecule has 1 aliphatic carbocycles. The van der Waals surface area contributed by atoms with E-state index in [1.807, 2.05) is 0 Å². The molecule has 1 aromatic rings. The van der Waals surface area contributed by atoms with Crippen LogP contribution in [0.15, 0.2) is 18.2 Å². The lowest BCUT2D eigenvalue weighted by molar-refractivity contribution is 0.0942. The zero-order valence-corrected chi connectivity index (χ0v) is 10.4. The van der Waals surface area contributed by atoms with Gasteiger partial charge in [-0.15, -0.1) is 0 Å². The number of rotatable bonds is 1. The van der Waals surface area contributed by atoms with Crippen molar-refractivity contribution in [2.24, 2.45) is 11.1 Å². The summed E-state index contributed by atoms with van der Waals surface area (Å²) in [5.41, 5.74) is 6.04. The van der Waals surface area contributed by atoms with Crippen LogP contribution in [0.2, 0.25) is 0 Å². The van der Waals surface area contributed by atoms with Crippen molar-refractivity contribution in [3.8, 4) is 0 Å². The number of benzene rings is 1. The molecule has 0 heterocycles. The first-order valence-corrected chi connectivity index (χ1v) is 6.11. The summed E-state index contributed by atoms with van der Waals surface area (Å²) in [5.74, 6) is -1.08. The summed E-state index contributed by atoms with van der Waals surface area (Å²) in [6.45, 7) is 4.13. The molecule has 0 aromatic heterocycles. The molecule has 1 saturated carbocycles. The first kappa shape index (κ1) is 12.5. The highest BCUT2D eigenvalue weighted by Crippen LogP contribution is 2.48. The molecule has 3 heteroatoms. The lowest BCUT2D eigenvalue weighted by Crippen LogP contribution is -2.52. The van der Waals surface area contributed by atoms with Gasteiger partial charge in [-0.1, -0.05) is 32.8 Å². The Balaban J connectivity index is 2.49. The quantitative estimate of drug-likeness (QED) is 0.794. The molecule has 0 bridgehead atoms. The minimum atomic E-state index is -0.691. The molecule has 1 aliphatic rings. The molecule has 0 amide bonds. The van der Waals surface area contributed by atoms with E-state index in [-0.39, 0.29) is 5.41 Å². The van der Waals surface area contributed by atoms with Crippen molar-refractivity contribution in [1.29, 1.82) is 0 Å². The van der Waals surface area contributed by atoms with Crippen LogP contribution in [0.25, 0.3) is 0 Å². The largest absolute Gasteiger partial charge is 0.321 e. The molecule has 1 nitrogen and oxygen atoms in total. The van der Waals surface area contributed by atoms with Crippen molar-refractivity contribution in [2.75, 3.05) is 0 Å². The van der Waals surface area contributed by atoms with Gasteiger partial charge in [-0.25, -0.2) is 8.78 Å². The third-order valence-corrected chi connectivity index (χ3v) is 4.24. The second-order valence-electron chi connectivity index (χ2n) is 5.69. The molecule has 1 fully saturated rings. The van der Waals surface area contributed by atoms with Crippen LogP contribution in [0.1, 0.15) is 45.1 Å².